The predicted molar refractivity (Wildman–Crippen MR) is 86.0 cm³/mol. The Morgan fingerprint density at radius 1 is 1.25 bits per heavy atom. The normalized spacial score (nSPS) is 10.4. The van der Waals surface area contributed by atoms with Gasteiger partial charge in [0.25, 0.3) is 11.5 Å². The summed E-state index contributed by atoms with van der Waals surface area (Å²) in [5, 5.41) is 0. The summed E-state index contributed by atoms with van der Waals surface area (Å²) in [6.45, 7) is 1.89. The number of primary amides is 1. The zero-order valence-electron chi connectivity index (χ0n) is 13.3. The monoisotopic (exact) mass is 331 g/mol. The van der Waals surface area contributed by atoms with E-state index in [1.807, 2.05) is 0 Å². The molecule has 0 bridgehead atoms. The molecule has 1 amide bonds. The molecule has 1 aromatic carbocycles. The van der Waals surface area contributed by atoms with E-state index >= 15 is 0 Å². The Hall–Kier alpha value is -3.16. The maximum Gasteiger partial charge on any atom is 0.337 e. The number of amides is 1. The summed E-state index contributed by atoms with van der Waals surface area (Å²) < 4.78 is 6.79. The highest BCUT2D eigenvalue weighted by Crippen LogP contribution is 2.07. The molecule has 0 radical (unpaired) electrons. The van der Waals surface area contributed by atoms with E-state index in [2.05, 4.69) is 4.74 Å². The molecule has 8 heteroatoms. The summed E-state index contributed by atoms with van der Waals surface area (Å²) in [5.41, 5.74) is 4.46. The van der Waals surface area contributed by atoms with E-state index in [9.17, 15) is 19.2 Å². The van der Waals surface area contributed by atoms with Gasteiger partial charge in [0.1, 0.15) is 5.56 Å². The van der Waals surface area contributed by atoms with Crippen LogP contribution in [0.4, 0.5) is 0 Å². The third-order valence-corrected chi connectivity index (χ3v) is 3.53. The smallest absolute Gasteiger partial charge is 0.337 e. The number of carbonyl (C=O) groups is 2. The molecule has 0 spiro atoms. The van der Waals surface area contributed by atoms with Gasteiger partial charge in [0, 0.05) is 12.7 Å². The highest BCUT2D eigenvalue weighted by Gasteiger charge is 2.15. The van der Waals surface area contributed by atoms with Crippen molar-refractivity contribution in [1.82, 2.24) is 9.13 Å². The zero-order valence-corrected chi connectivity index (χ0v) is 13.3. The lowest BCUT2D eigenvalue weighted by Crippen LogP contribution is -2.43. The number of rotatable bonds is 5. The summed E-state index contributed by atoms with van der Waals surface area (Å²) >= 11 is 0. The van der Waals surface area contributed by atoms with Crippen molar-refractivity contribution in [2.45, 2.75) is 20.0 Å². The summed E-state index contributed by atoms with van der Waals surface area (Å²) in [5.74, 6) is -1.43. The quantitative estimate of drug-likeness (QED) is 0.773. The van der Waals surface area contributed by atoms with E-state index in [1.165, 1.54) is 17.7 Å². The molecule has 0 saturated heterocycles. The molecule has 1 heterocycles. The molecule has 24 heavy (non-hydrogen) atoms. The minimum atomic E-state index is -0.903. The second kappa shape index (κ2) is 6.95. The van der Waals surface area contributed by atoms with Crippen LogP contribution >= 0.6 is 0 Å². The molecule has 2 rings (SSSR count). The number of aryl methyl sites for hydroxylation is 1. The molecule has 0 saturated carbocycles. The lowest BCUT2D eigenvalue weighted by atomic mass is 10.1. The number of hydrogen-bond donors (Lipinski definition) is 1. The Kier molecular flexibility index (Phi) is 4.98. The summed E-state index contributed by atoms with van der Waals surface area (Å²) in [4.78, 5) is 47.7. The van der Waals surface area contributed by atoms with Crippen LogP contribution in [0.1, 0.15) is 33.2 Å². The summed E-state index contributed by atoms with van der Waals surface area (Å²) in [6, 6.07) is 6.35. The average Bonchev–Trinajstić information content (AvgIpc) is 2.58. The Labute approximate surface area is 137 Å². The Bertz CT molecular complexity index is 911. The van der Waals surface area contributed by atoms with Crippen molar-refractivity contribution in [3.63, 3.8) is 0 Å². The molecular formula is C16H17N3O5. The minimum Gasteiger partial charge on any atom is -0.465 e. The number of methoxy groups -OCH3 is 1. The molecule has 126 valence electrons. The van der Waals surface area contributed by atoms with Crippen LogP contribution in [-0.2, 0) is 17.8 Å². The molecule has 1 aromatic heterocycles. The van der Waals surface area contributed by atoms with Crippen molar-refractivity contribution in [1.29, 1.82) is 0 Å². The first-order valence-electron chi connectivity index (χ1n) is 7.20. The number of nitrogens with zero attached hydrogens (tertiary/aromatic N) is 2. The van der Waals surface area contributed by atoms with E-state index in [4.69, 9.17) is 5.73 Å². The van der Waals surface area contributed by atoms with Gasteiger partial charge >= 0.3 is 11.7 Å². The Balaban J connectivity index is 2.56. The van der Waals surface area contributed by atoms with E-state index in [0.717, 1.165) is 10.8 Å². The van der Waals surface area contributed by atoms with Gasteiger partial charge in [-0.3, -0.25) is 18.7 Å². The maximum absolute atomic E-state index is 12.4. The van der Waals surface area contributed by atoms with Gasteiger partial charge < -0.3 is 10.5 Å². The highest BCUT2D eigenvalue weighted by molar-refractivity contribution is 5.92. The van der Waals surface area contributed by atoms with Crippen molar-refractivity contribution in [2.24, 2.45) is 5.73 Å². The number of benzene rings is 1. The van der Waals surface area contributed by atoms with Crippen LogP contribution in [0.15, 0.2) is 40.1 Å². The number of carbonyl (C=O) groups excluding carboxylic acids is 2. The average molecular weight is 331 g/mol. The van der Waals surface area contributed by atoms with Crippen LogP contribution < -0.4 is 17.0 Å². The van der Waals surface area contributed by atoms with Crippen molar-refractivity contribution in [2.75, 3.05) is 7.11 Å². The zero-order chi connectivity index (χ0) is 17.9. The lowest BCUT2D eigenvalue weighted by Gasteiger charge is -2.11. The SMILES string of the molecule is CCn1cc(C(N)=O)c(=O)n(Cc2cccc(C(=O)OC)c2)c1=O. The van der Waals surface area contributed by atoms with Gasteiger partial charge in [-0.15, -0.1) is 0 Å². The van der Waals surface area contributed by atoms with Crippen LogP contribution in [0.3, 0.4) is 0 Å². The third kappa shape index (κ3) is 3.27. The van der Waals surface area contributed by atoms with Gasteiger partial charge in [-0.2, -0.15) is 0 Å². The second-order valence-corrected chi connectivity index (χ2v) is 5.06. The van der Waals surface area contributed by atoms with Crippen molar-refractivity contribution < 1.29 is 14.3 Å². The first-order valence-corrected chi connectivity index (χ1v) is 7.20. The number of ether oxygens (including phenoxy) is 1. The summed E-state index contributed by atoms with van der Waals surface area (Å²) in [6.07, 6.45) is 1.16. The van der Waals surface area contributed by atoms with Crippen LogP contribution in [0.2, 0.25) is 0 Å². The maximum atomic E-state index is 12.4. The van der Waals surface area contributed by atoms with Crippen LogP contribution in [0.5, 0.6) is 0 Å². The molecule has 0 fully saturated rings. The van der Waals surface area contributed by atoms with Gasteiger partial charge in [-0.25, -0.2) is 9.59 Å². The van der Waals surface area contributed by atoms with E-state index in [-0.39, 0.29) is 18.7 Å². The fourth-order valence-corrected chi connectivity index (χ4v) is 2.29. The standard InChI is InChI=1S/C16H17N3O5/c1-3-18-9-12(13(17)20)14(21)19(16(18)23)8-10-5-4-6-11(7-10)15(22)24-2/h4-7,9H,3,8H2,1-2H3,(H2,17,20). The molecule has 2 aromatic rings. The highest BCUT2D eigenvalue weighted by atomic mass is 16.5. The van der Waals surface area contributed by atoms with Crippen molar-refractivity contribution in [3.05, 3.63) is 68.0 Å². The Morgan fingerprint density at radius 2 is 1.96 bits per heavy atom. The van der Waals surface area contributed by atoms with Gasteiger partial charge in [0.05, 0.1) is 19.2 Å². The Morgan fingerprint density at radius 3 is 2.54 bits per heavy atom. The van der Waals surface area contributed by atoms with Crippen molar-refractivity contribution in [3.8, 4) is 0 Å². The van der Waals surface area contributed by atoms with Crippen LogP contribution in [0, 0.1) is 0 Å². The molecule has 2 N–H and O–H groups in total. The van der Waals surface area contributed by atoms with E-state index in [0.29, 0.717) is 11.1 Å². The number of hydrogen-bond acceptors (Lipinski definition) is 5. The van der Waals surface area contributed by atoms with Crippen LogP contribution in [0.25, 0.3) is 0 Å². The van der Waals surface area contributed by atoms with Gasteiger partial charge in [0.2, 0.25) is 0 Å². The molecule has 0 aliphatic heterocycles. The van der Waals surface area contributed by atoms with Gasteiger partial charge in [-0.1, -0.05) is 12.1 Å². The largest absolute Gasteiger partial charge is 0.465 e. The molecule has 0 unspecified atom stereocenters. The lowest BCUT2D eigenvalue weighted by molar-refractivity contribution is 0.0600. The van der Waals surface area contributed by atoms with Gasteiger partial charge in [-0.05, 0) is 24.6 Å². The molecule has 0 aliphatic rings. The fraction of sp³-hybridized carbons (Fsp3) is 0.250. The molecule has 8 nitrogen and oxygen atoms in total. The predicted octanol–water partition coefficient (Wildman–Crippen LogP) is -0.0363. The number of esters is 1. The van der Waals surface area contributed by atoms with Gasteiger partial charge in [0.15, 0.2) is 0 Å². The first kappa shape index (κ1) is 17.2. The number of nitrogens with two attached hydrogens (primary N) is 1. The topological polar surface area (TPSA) is 113 Å². The molecular weight excluding hydrogens is 314 g/mol. The molecule has 0 aliphatic carbocycles. The fourth-order valence-electron chi connectivity index (χ4n) is 2.29. The minimum absolute atomic E-state index is 0.0936. The van der Waals surface area contributed by atoms with E-state index < -0.39 is 23.1 Å². The first-order chi connectivity index (χ1) is 11.4. The second-order valence-electron chi connectivity index (χ2n) is 5.06. The molecule has 0 atom stereocenters. The summed E-state index contributed by atoms with van der Waals surface area (Å²) in [7, 11) is 1.26. The number of aromatic nitrogens is 2. The third-order valence-electron chi connectivity index (χ3n) is 3.53. The van der Waals surface area contributed by atoms with E-state index in [1.54, 1.807) is 25.1 Å². The van der Waals surface area contributed by atoms with Crippen molar-refractivity contribution >= 4 is 11.9 Å². The van der Waals surface area contributed by atoms with Crippen LogP contribution in [-0.4, -0.2) is 28.1 Å².